The summed E-state index contributed by atoms with van der Waals surface area (Å²) in [5.41, 5.74) is 2.52. The van der Waals surface area contributed by atoms with E-state index in [1.807, 2.05) is 38.1 Å². The van der Waals surface area contributed by atoms with Crippen LogP contribution in [0.15, 0.2) is 59.6 Å². The molecule has 3 amide bonds. The van der Waals surface area contributed by atoms with Crippen molar-refractivity contribution in [3.05, 3.63) is 65.7 Å². The van der Waals surface area contributed by atoms with Crippen LogP contribution in [0.25, 0.3) is 10.9 Å². The molecule has 8 heteroatoms. The van der Waals surface area contributed by atoms with Gasteiger partial charge >= 0.3 is 0 Å². The summed E-state index contributed by atoms with van der Waals surface area (Å²) in [5.74, 6) is -0.171. The minimum Gasteiger partial charge on any atom is -0.349 e. The van der Waals surface area contributed by atoms with E-state index in [0.717, 1.165) is 23.7 Å². The third kappa shape index (κ3) is 5.75. The molecule has 2 N–H and O–H groups in total. The number of para-hydroxylation sites is 1. The maximum Gasteiger partial charge on any atom is 0.253 e. The normalized spacial score (nSPS) is 12.9. The molecule has 1 saturated carbocycles. The molecule has 4 rings (SSSR count). The number of hydrogen-bond donors (Lipinski definition) is 2. The highest BCUT2D eigenvalue weighted by molar-refractivity contribution is 7.99. The molecule has 0 aliphatic heterocycles. The van der Waals surface area contributed by atoms with Crippen molar-refractivity contribution in [3.8, 4) is 0 Å². The van der Waals surface area contributed by atoms with Gasteiger partial charge in [0, 0.05) is 35.8 Å². The number of nitrogens with one attached hydrogen (secondary N) is 2. The maximum atomic E-state index is 12.7. The third-order valence-corrected chi connectivity index (χ3v) is 6.58. The molecule has 1 aromatic heterocycles. The van der Waals surface area contributed by atoms with E-state index < -0.39 is 0 Å². The largest absolute Gasteiger partial charge is 0.349 e. The van der Waals surface area contributed by atoms with Gasteiger partial charge in [-0.3, -0.25) is 14.4 Å². The molecule has 0 spiro atoms. The highest BCUT2D eigenvalue weighted by Crippen LogP contribution is 2.26. The van der Waals surface area contributed by atoms with Crippen LogP contribution < -0.4 is 10.6 Å². The second kappa shape index (κ2) is 10.7. The van der Waals surface area contributed by atoms with Gasteiger partial charge in [-0.25, -0.2) is 4.98 Å². The topological polar surface area (TPSA) is 91.4 Å². The number of hydrogen-bond acceptors (Lipinski definition) is 5. The second-order valence-electron chi connectivity index (χ2n) is 8.16. The van der Waals surface area contributed by atoms with Crippen molar-refractivity contribution >= 4 is 46.1 Å². The summed E-state index contributed by atoms with van der Waals surface area (Å²) >= 11 is 1.28. The van der Waals surface area contributed by atoms with Crippen molar-refractivity contribution < 1.29 is 14.4 Å². The van der Waals surface area contributed by atoms with Crippen LogP contribution >= 0.6 is 11.8 Å². The van der Waals surface area contributed by atoms with E-state index in [2.05, 4.69) is 15.6 Å². The van der Waals surface area contributed by atoms with Gasteiger partial charge in [0.25, 0.3) is 11.8 Å². The van der Waals surface area contributed by atoms with Crippen molar-refractivity contribution in [2.24, 2.45) is 0 Å². The standard InChI is InChI=1S/C26H28N4O3S/c1-3-30(4-2)26(33)17-9-11-18(12-10-17)27-23(31)16-34-24-15-21(25(32)28-19-13-14-19)20-7-5-6-8-22(20)29-24/h5-12,15,19H,3-4,13-14,16H2,1-2H3,(H,27,31)(H,28,32). The molecule has 176 valence electrons. The van der Waals surface area contributed by atoms with E-state index in [4.69, 9.17) is 0 Å². The van der Waals surface area contributed by atoms with Crippen LogP contribution in [0.5, 0.6) is 0 Å². The third-order valence-electron chi connectivity index (χ3n) is 5.67. The molecular weight excluding hydrogens is 448 g/mol. The molecular formula is C26H28N4O3S. The number of carbonyl (C=O) groups excluding carboxylic acids is 3. The molecule has 1 aliphatic rings. The van der Waals surface area contributed by atoms with Crippen molar-refractivity contribution in [2.45, 2.75) is 37.8 Å². The number of thioether (sulfide) groups is 1. The van der Waals surface area contributed by atoms with Gasteiger partial charge in [0.15, 0.2) is 0 Å². The van der Waals surface area contributed by atoms with Gasteiger partial charge in [0.1, 0.15) is 0 Å². The Labute approximate surface area is 203 Å². The maximum absolute atomic E-state index is 12.7. The van der Waals surface area contributed by atoms with Crippen molar-refractivity contribution in [1.29, 1.82) is 0 Å². The molecule has 0 bridgehead atoms. The minimum absolute atomic E-state index is 0.0256. The summed E-state index contributed by atoms with van der Waals surface area (Å²) < 4.78 is 0. The minimum atomic E-state index is -0.188. The first-order chi connectivity index (χ1) is 16.5. The van der Waals surface area contributed by atoms with Gasteiger partial charge in [-0.1, -0.05) is 30.0 Å². The zero-order chi connectivity index (χ0) is 24.1. The zero-order valence-electron chi connectivity index (χ0n) is 19.3. The molecule has 1 aliphatic carbocycles. The van der Waals surface area contributed by atoms with Crippen LogP contribution in [0.1, 0.15) is 47.4 Å². The van der Waals surface area contributed by atoms with Crippen molar-refractivity contribution in [3.63, 3.8) is 0 Å². The average Bonchev–Trinajstić information content (AvgIpc) is 3.67. The molecule has 0 saturated heterocycles. The van der Waals surface area contributed by atoms with Gasteiger partial charge in [-0.05, 0) is 63.1 Å². The van der Waals surface area contributed by atoms with Gasteiger partial charge < -0.3 is 15.5 Å². The Bertz CT molecular complexity index is 1200. The lowest BCUT2D eigenvalue weighted by Crippen LogP contribution is -2.30. The number of pyridine rings is 1. The Morgan fingerprint density at radius 2 is 1.74 bits per heavy atom. The SMILES string of the molecule is CCN(CC)C(=O)c1ccc(NC(=O)CSc2cc(C(=O)NC3CC3)c3ccccc3n2)cc1. The number of carbonyl (C=O) groups is 3. The summed E-state index contributed by atoms with van der Waals surface area (Å²) in [7, 11) is 0. The second-order valence-corrected chi connectivity index (χ2v) is 9.16. The fourth-order valence-corrected chi connectivity index (χ4v) is 4.35. The summed E-state index contributed by atoms with van der Waals surface area (Å²) in [6.45, 7) is 5.19. The van der Waals surface area contributed by atoms with Crippen LogP contribution in [-0.2, 0) is 4.79 Å². The number of rotatable bonds is 9. The molecule has 7 nitrogen and oxygen atoms in total. The number of amides is 3. The fourth-order valence-electron chi connectivity index (χ4n) is 3.63. The Morgan fingerprint density at radius 3 is 2.41 bits per heavy atom. The van der Waals surface area contributed by atoms with E-state index >= 15 is 0 Å². The van der Waals surface area contributed by atoms with Gasteiger partial charge in [0.05, 0.1) is 21.9 Å². The van der Waals surface area contributed by atoms with Gasteiger partial charge in [-0.2, -0.15) is 0 Å². The summed E-state index contributed by atoms with van der Waals surface area (Å²) in [6, 6.07) is 16.4. The number of anilines is 1. The number of aromatic nitrogens is 1. The van der Waals surface area contributed by atoms with Crippen molar-refractivity contribution in [2.75, 3.05) is 24.2 Å². The molecule has 34 heavy (non-hydrogen) atoms. The average molecular weight is 477 g/mol. The highest BCUT2D eigenvalue weighted by atomic mass is 32.2. The number of nitrogens with zero attached hydrogens (tertiary/aromatic N) is 2. The van der Waals surface area contributed by atoms with Crippen LogP contribution in [0.4, 0.5) is 5.69 Å². The molecule has 1 fully saturated rings. The predicted octanol–water partition coefficient (Wildman–Crippen LogP) is 4.34. The van der Waals surface area contributed by atoms with E-state index in [0.29, 0.717) is 34.9 Å². The lowest BCUT2D eigenvalue weighted by molar-refractivity contribution is -0.113. The molecule has 0 unspecified atom stereocenters. The summed E-state index contributed by atoms with van der Waals surface area (Å²) in [4.78, 5) is 44.1. The number of fused-ring (bicyclic) bond motifs is 1. The highest BCUT2D eigenvalue weighted by Gasteiger charge is 2.25. The quantitative estimate of drug-likeness (QED) is 0.448. The molecule has 0 radical (unpaired) electrons. The summed E-state index contributed by atoms with van der Waals surface area (Å²) in [6.07, 6.45) is 2.03. The van der Waals surface area contributed by atoms with E-state index in [1.54, 1.807) is 35.2 Å². The van der Waals surface area contributed by atoms with Gasteiger partial charge in [-0.15, -0.1) is 0 Å². The smallest absolute Gasteiger partial charge is 0.253 e. The molecule has 0 atom stereocenters. The van der Waals surface area contributed by atoms with Crippen LogP contribution in [0.3, 0.4) is 0 Å². The molecule has 2 aromatic carbocycles. The lowest BCUT2D eigenvalue weighted by atomic mass is 10.1. The predicted molar refractivity (Wildman–Crippen MR) is 135 cm³/mol. The first-order valence-corrected chi connectivity index (χ1v) is 12.5. The van der Waals surface area contributed by atoms with Crippen molar-refractivity contribution in [1.82, 2.24) is 15.2 Å². The van der Waals surface area contributed by atoms with Crippen LogP contribution in [-0.4, -0.2) is 52.5 Å². The molecule has 1 heterocycles. The molecule has 3 aromatic rings. The van der Waals surface area contributed by atoms with E-state index in [-0.39, 0.29) is 29.5 Å². The first kappa shape index (κ1) is 23.8. The number of benzene rings is 2. The Balaban J connectivity index is 1.40. The Hall–Kier alpha value is -3.39. The van der Waals surface area contributed by atoms with Crippen LogP contribution in [0.2, 0.25) is 0 Å². The van der Waals surface area contributed by atoms with E-state index in [9.17, 15) is 14.4 Å². The Morgan fingerprint density at radius 1 is 1.03 bits per heavy atom. The van der Waals surface area contributed by atoms with Crippen LogP contribution in [0, 0.1) is 0 Å². The zero-order valence-corrected chi connectivity index (χ0v) is 20.2. The lowest BCUT2D eigenvalue weighted by Gasteiger charge is -2.18. The van der Waals surface area contributed by atoms with Gasteiger partial charge in [0.2, 0.25) is 5.91 Å². The fraction of sp³-hybridized carbons (Fsp3) is 0.308. The van der Waals surface area contributed by atoms with E-state index in [1.165, 1.54) is 11.8 Å². The summed E-state index contributed by atoms with van der Waals surface area (Å²) in [5, 5.41) is 7.30. The Kier molecular flexibility index (Phi) is 7.47. The first-order valence-electron chi connectivity index (χ1n) is 11.5. The monoisotopic (exact) mass is 476 g/mol.